The number of hydrogen-bond donors (Lipinski definition) is 7. The summed E-state index contributed by atoms with van der Waals surface area (Å²) in [7, 11) is 0. The Balaban J connectivity index is 1.87. The first-order valence-corrected chi connectivity index (χ1v) is 9.39. The van der Waals surface area contributed by atoms with Crippen molar-refractivity contribution in [2.24, 2.45) is 29.2 Å². The van der Waals surface area contributed by atoms with Gasteiger partial charge in [0.15, 0.2) is 11.6 Å². The summed E-state index contributed by atoms with van der Waals surface area (Å²) >= 11 is 0. The van der Waals surface area contributed by atoms with Gasteiger partial charge in [0.25, 0.3) is 5.91 Å². The van der Waals surface area contributed by atoms with Gasteiger partial charge in [-0.05, 0) is 42.4 Å². The fourth-order valence-electron chi connectivity index (χ4n) is 4.93. The van der Waals surface area contributed by atoms with E-state index in [2.05, 4.69) is 5.32 Å². The second kappa shape index (κ2) is 6.84. The van der Waals surface area contributed by atoms with E-state index in [0.717, 1.165) is 0 Å². The molecule has 0 bridgehead atoms. The molecule has 9 N–H and O–H groups in total. The third-order valence-corrected chi connectivity index (χ3v) is 6.22. The number of hydrogen-bond acceptors (Lipinski definition) is 8. The van der Waals surface area contributed by atoms with Crippen LogP contribution in [0.2, 0.25) is 0 Å². The number of allylic oxidation sites excluding steroid dienone is 1. The van der Waals surface area contributed by atoms with Crippen LogP contribution in [0, 0.1) is 17.8 Å². The van der Waals surface area contributed by atoms with Gasteiger partial charge in [0.1, 0.15) is 22.8 Å². The highest BCUT2D eigenvalue weighted by molar-refractivity contribution is 6.28. The van der Waals surface area contributed by atoms with Gasteiger partial charge >= 0.3 is 6.09 Å². The number of anilines is 1. The third kappa shape index (κ3) is 2.85. The Morgan fingerprint density at radius 1 is 1.10 bits per heavy atom. The number of phenols is 1. The lowest BCUT2D eigenvalue weighted by atomic mass is 9.60. The van der Waals surface area contributed by atoms with E-state index in [9.17, 15) is 34.5 Å². The first-order chi connectivity index (χ1) is 14.5. The number of carboxylic acid groups (broad SMARTS) is 1. The molecular weight excluding hydrogens is 410 g/mol. The van der Waals surface area contributed by atoms with Gasteiger partial charge in [-0.2, -0.15) is 0 Å². The van der Waals surface area contributed by atoms with Gasteiger partial charge in [0, 0.05) is 11.3 Å². The van der Waals surface area contributed by atoms with Crippen LogP contribution >= 0.6 is 0 Å². The van der Waals surface area contributed by atoms with Crippen LogP contribution in [0.5, 0.6) is 5.75 Å². The Morgan fingerprint density at radius 2 is 1.77 bits per heavy atom. The molecule has 1 aromatic carbocycles. The lowest BCUT2D eigenvalue weighted by Crippen LogP contribution is -2.54. The van der Waals surface area contributed by atoms with E-state index in [1.54, 1.807) is 0 Å². The quantitative estimate of drug-likeness (QED) is 0.196. The maximum absolute atomic E-state index is 13.3. The number of amides is 2. The minimum absolute atomic E-state index is 0.0712. The van der Waals surface area contributed by atoms with Gasteiger partial charge in [0.2, 0.25) is 0 Å². The van der Waals surface area contributed by atoms with E-state index >= 15 is 0 Å². The summed E-state index contributed by atoms with van der Waals surface area (Å²) in [4.78, 5) is 48.9. The Labute approximate surface area is 174 Å². The van der Waals surface area contributed by atoms with Crippen LogP contribution in [-0.2, 0) is 20.8 Å². The fraction of sp³-hybridized carbons (Fsp3) is 0.300. The van der Waals surface area contributed by atoms with Gasteiger partial charge in [0.05, 0.1) is 17.5 Å². The highest BCUT2D eigenvalue weighted by Gasteiger charge is 2.54. The number of carbonyl (C=O) groups is 4. The number of phenolic OH excluding ortho intramolecular Hbond substituents is 1. The lowest BCUT2D eigenvalue weighted by Gasteiger charge is -2.43. The smallest absolute Gasteiger partial charge is 0.409 e. The first-order valence-electron chi connectivity index (χ1n) is 9.39. The zero-order valence-corrected chi connectivity index (χ0v) is 16.0. The summed E-state index contributed by atoms with van der Waals surface area (Å²) in [5, 5.41) is 42.6. The number of Topliss-reactive ketones (excluding diaryl/α,β-unsaturated/α-hetero) is 2. The first kappa shape index (κ1) is 20.4. The molecule has 3 aliphatic carbocycles. The van der Waals surface area contributed by atoms with Gasteiger partial charge in [-0.25, -0.2) is 4.79 Å². The lowest BCUT2D eigenvalue weighted by molar-refractivity contribution is -0.135. The van der Waals surface area contributed by atoms with Crippen molar-refractivity contribution in [2.45, 2.75) is 18.9 Å². The number of rotatable bonds is 2. The summed E-state index contributed by atoms with van der Waals surface area (Å²) in [6.07, 6.45) is -1.18. The van der Waals surface area contributed by atoms with Crippen molar-refractivity contribution in [3.05, 3.63) is 40.2 Å². The maximum atomic E-state index is 13.3. The molecule has 1 aromatic rings. The summed E-state index contributed by atoms with van der Waals surface area (Å²) < 4.78 is 0. The van der Waals surface area contributed by atoms with E-state index in [1.165, 1.54) is 12.1 Å². The predicted octanol–water partition coefficient (Wildman–Crippen LogP) is 0.336. The molecule has 1 fully saturated rings. The van der Waals surface area contributed by atoms with Crippen molar-refractivity contribution in [2.75, 3.05) is 5.32 Å². The number of nitrogens with one attached hydrogen (secondary N) is 1. The Bertz CT molecular complexity index is 1140. The highest BCUT2D eigenvalue weighted by atomic mass is 16.4. The third-order valence-electron chi connectivity index (χ3n) is 6.22. The molecule has 4 rings (SSSR count). The zero-order valence-electron chi connectivity index (χ0n) is 16.0. The molecule has 11 heteroatoms. The van der Waals surface area contributed by atoms with Crippen molar-refractivity contribution in [1.82, 2.24) is 0 Å². The molecule has 0 heterocycles. The molecular formula is C20H19N3O8. The number of aliphatic hydroxyl groups is 2. The molecule has 162 valence electrons. The van der Waals surface area contributed by atoms with Crippen LogP contribution in [0.15, 0.2) is 29.0 Å². The fourth-order valence-corrected chi connectivity index (χ4v) is 4.93. The van der Waals surface area contributed by atoms with E-state index in [-0.39, 0.29) is 41.0 Å². The minimum Gasteiger partial charge on any atom is -0.510 e. The summed E-state index contributed by atoms with van der Waals surface area (Å²) in [6, 6.07) is 1.31. The average Bonchev–Trinajstić information content (AvgIpc) is 2.67. The van der Waals surface area contributed by atoms with Crippen LogP contribution in [0.3, 0.4) is 0 Å². The van der Waals surface area contributed by atoms with Crippen molar-refractivity contribution in [1.29, 1.82) is 0 Å². The molecule has 0 spiro atoms. The van der Waals surface area contributed by atoms with Gasteiger partial charge < -0.3 is 31.9 Å². The molecule has 3 aliphatic rings. The van der Waals surface area contributed by atoms with Crippen LogP contribution in [0.4, 0.5) is 10.5 Å². The molecule has 1 saturated carbocycles. The minimum atomic E-state index is -1.41. The summed E-state index contributed by atoms with van der Waals surface area (Å²) in [5.41, 5.74) is 10.7. The number of aromatic hydroxyl groups is 1. The van der Waals surface area contributed by atoms with Crippen molar-refractivity contribution in [3.63, 3.8) is 0 Å². The maximum Gasteiger partial charge on any atom is 0.409 e. The molecule has 3 unspecified atom stereocenters. The normalized spacial score (nSPS) is 27.4. The van der Waals surface area contributed by atoms with Crippen LogP contribution in [-0.4, -0.2) is 50.0 Å². The number of ketones is 2. The molecule has 4 atom stereocenters. The number of primary amides is 1. The van der Waals surface area contributed by atoms with Crippen molar-refractivity contribution < 1.29 is 39.6 Å². The Hall–Kier alpha value is -3.86. The van der Waals surface area contributed by atoms with Crippen LogP contribution < -0.4 is 16.8 Å². The molecule has 31 heavy (non-hydrogen) atoms. The van der Waals surface area contributed by atoms with Gasteiger partial charge in [-0.3, -0.25) is 19.7 Å². The highest BCUT2D eigenvalue weighted by Crippen LogP contribution is 2.50. The second-order valence-electron chi connectivity index (χ2n) is 7.84. The molecule has 0 aliphatic heterocycles. The van der Waals surface area contributed by atoms with Crippen molar-refractivity contribution in [3.8, 4) is 5.75 Å². The number of aliphatic hydroxyl groups excluding tert-OH is 2. The van der Waals surface area contributed by atoms with Gasteiger partial charge in [-0.15, -0.1) is 0 Å². The number of benzene rings is 1. The van der Waals surface area contributed by atoms with E-state index in [1.807, 2.05) is 0 Å². The van der Waals surface area contributed by atoms with E-state index < -0.39 is 64.5 Å². The van der Waals surface area contributed by atoms with Crippen LogP contribution in [0.25, 0.3) is 5.76 Å². The monoisotopic (exact) mass is 429 g/mol. The SMILES string of the molecule is NC(=O)C1=C(O)[C@@H](N)C2CC3Cc4c(NC(=O)O)ccc(O)c4C(O)=C3C(=O)C2C1=O. The summed E-state index contributed by atoms with van der Waals surface area (Å²) in [5.74, 6) is -7.47. The molecule has 0 radical (unpaired) electrons. The van der Waals surface area contributed by atoms with Crippen molar-refractivity contribution >= 4 is 35.0 Å². The number of fused-ring (bicyclic) bond motifs is 3. The summed E-state index contributed by atoms with van der Waals surface area (Å²) in [6.45, 7) is 0. The Kier molecular flexibility index (Phi) is 4.51. The molecule has 11 nitrogen and oxygen atoms in total. The molecule has 0 aromatic heterocycles. The molecule has 0 saturated heterocycles. The molecule has 2 amide bonds. The van der Waals surface area contributed by atoms with Crippen LogP contribution in [0.1, 0.15) is 17.5 Å². The largest absolute Gasteiger partial charge is 0.510 e. The number of nitrogens with two attached hydrogens (primary N) is 2. The van der Waals surface area contributed by atoms with E-state index in [0.29, 0.717) is 0 Å². The second-order valence-corrected chi connectivity index (χ2v) is 7.84. The van der Waals surface area contributed by atoms with Gasteiger partial charge in [-0.1, -0.05) is 0 Å². The Morgan fingerprint density at radius 3 is 2.39 bits per heavy atom. The number of carbonyl (C=O) groups excluding carboxylic acids is 3. The predicted molar refractivity (Wildman–Crippen MR) is 105 cm³/mol. The standard InChI is InChI=1S/C20H19N3O8/c21-14-7-4-5-3-6-8(23-20(30)31)1-2-9(24)11(6)15(25)10(5)16(26)12(7)17(27)13(18(14)28)19(22)29/h1-2,5,7,12,14,23-25,28H,3-4,21H2,(H2,22,29)(H,30,31)/t5?,7?,12?,14-/m0/s1. The average molecular weight is 429 g/mol. The zero-order chi connectivity index (χ0) is 22.8. The topological polar surface area (TPSA) is 213 Å². The van der Waals surface area contributed by atoms with E-state index in [4.69, 9.17) is 16.6 Å².